The Kier molecular flexibility index (Phi) is 8.73. The van der Waals surface area contributed by atoms with Crippen LogP contribution in [0.2, 0.25) is 0 Å². The molecule has 7 nitrogen and oxygen atoms in total. The molecule has 0 spiro atoms. The van der Waals surface area contributed by atoms with Crippen LogP contribution in [0, 0.1) is 22.9 Å². The summed E-state index contributed by atoms with van der Waals surface area (Å²) in [6.07, 6.45) is 4.29. The predicted octanol–water partition coefficient (Wildman–Crippen LogP) is 4.75. The van der Waals surface area contributed by atoms with Gasteiger partial charge in [-0.05, 0) is 74.5 Å². The molecule has 1 aliphatic heterocycles. The number of nitrogens with zero attached hydrogens (tertiary/aromatic N) is 2. The molecule has 1 aromatic heterocycles. The van der Waals surface area contributed by atoms with Gasteiger partial charge in [-0.15, -0.1) is 0 Å². The number of carboxylic acids is 1. The molecule has 0 aliphatic carbocycles. The molecule has 0 atom stereocenters. The van der Waals surface area contributed by atoms with Crippen LogP contribution in [0.5, 0.6) is 5.75 Å². The number of likely N-dealkylation sites (tertiary alicyclic amines) is 1. The molecule has 1 fully saturated rings. The SMILES string of the molecule is COc1ccc2ncc(CO)c(CCCC3(C(=O)O)CCN(CCNc4cc(F)cc(F)c4F)CC3)c2c1. The van der Waals surface area contributed by atoms with Crippen LogP contribution in [-0.4, -0.2) is 59.4 Å². The highest BCUT2D eigenvalue weighted by Gasteiger charge is 2.40. The third-order valence-electron chi connectivity index (χ3n) is 7.53. The lowest BCUT2D eigenvalue weighted by molar-refractivity contribution is -0.152. The van der Waals surface area contributed by atoms with E-state index in [4.69, 9.17) is 4.74 Å². The van der Waals surface area contributed by atoms with E-state index in [2.05, 4.69) is 15.2 Å². The van der Waals surface area contributed by atoms with Crippen LogP contribution in [0.1, 0.15) is 36.8 Å². The van der Waals surface area contributed by atoms with Gasteiger partial charge >= 0.3 is 5.97 Å². The summed E-state index contributed by atoms with van der Waals surface area (Å²) >= 11 is 0. The molecule has 2 aromatic carbocycles. The van der Waals surface area contributed by atoms with E-state index in [-0.39, 0.29) is 18.8 Å². The van der Waals surface area contributed by atoms with Crippen molar-refractivity contribution in [3.63, 3.8) is 0 Å². The number of hydrogen-bond acceptors (Lipinski definition) is 6. The van der Waals surface area contributed by atoms with Crippen LogP contribution >= 0.6 is 0 Å². The van der Waals surface area contributed by atoms with Gasteiger partial charge in [0.1, 0.15) is 11.6 Å². The first-order valence-electron chi connectivity index (χ1n) is 12.7. The van der Waals surface area contributed by atoms with Gasteiger partial charge in [0.2, 0.25) is 0 Å². The number of rotatable bonds is 11. The van der Waals surface area contributed by atoms with Gasteiger partial charge in [0, 0.05) is 36.8 Å². The van der Waals surface area contributed by atoms with Gasteiger partial charge in [-0.2, -0.15) is 0 Å². The molecule has 0 unspecified atom stereocenters. The number of ether oxygens (including phenoxy) is 1. The Bertz CT molecular complexity index is 1290. The minimum absolute atomic E-state index is 0.158. The fraction of sp³-hybridized carbons (Fsp3) is 0.429. The molecule has 0 radical (unpaired) electrons. The van der Waals surface area contributed by atoms with Gasteiger partial charge in [0.15, 0.2) is 11.6 Å². The van der Waals surface area contributed by atoms with E-state index < -0.39 is 28.8 Å². The maximum absolute atomic E-state index is 13.8. The van der Waals surface area contributed by atoms with Crippen molar-refractivity contribution in [2.75, 3.05) is 38.6 Å². The van der Waals surface area contributed by atoms with Gasteiger partial charge in [0.05, 0.1) is 30.3 Å². The molecule has 3 aromatic rings. The van der Waals surface area contributed by atoms with Crippen molar-refractivity contribution in [3.8, 4) is 5.75 Å². The molecule has 1 saturated heterocycles. The number of anilines is 1. The standard InChI is InChI=1S/C28H32F3N3O4/c1-38-20-4-5-24-22(15-20)21(18(17-35)16-33-24)3-2-6-28(27(36)37)7-10-34(11-8-28)12-9-32-25-14-19(29)13-23(30)26(25)31/h4-5,13-16,32,35H,2-3,6-12,17H2,1H3,(H,36,37). The summed E-state index contributed by atoms with van der Waals surface area (Å²) in [5, 5.41) is 23.6. The number of pyridine rings is 1. The lowest BCUT2D eigenvalue weighted by Gasteiger charge is -2.39. The fourth-order valence-corrected chi connectivity index (χ4v) is 5.24. The van der Waals surface area contributed by atoms with Gasteiger partial charge in [-0.3, -0.25) is 9.78 Å². The minimum Gasteiger partial charge on any atom is -0.497 e. The van der Waals surface area contributed by atoms with Crippen molar-refractivity contribution in [3.05, 3.63) is 65.1 Å². The molecule has 3 N–H and O–H groups in total. The maximum atomic E-state index is 13.8. The van der Waals surface area contributed by atoms with E-state index in [1.165, 1.54) is 0 Å². The summed E-state index contributed by atoms with van der Waals surface area (Å²) in [7, 11) is 1.59. The Morgan fingerprint density at radius 2 is 1.95 bits per heavy atom. The third-order valence-corrected chi connectivity index (χ3v) is 7.53. The number of halogens is 3. The number of methoxy groups -OCH3 is 1. The van der Waals surface area contributed by atoms with Crippen molar-refractivity contribution in [1.29, 1.82) is 0 Å². The molecular weight excluding hydrogens is 499 g/mol. The van der Waals surface area contributed by atoms with Gasteiger partial charge in [0.25, 0.3) is 0 Å². The Morgan fingerprint density at radius 1 is 1.18 bits per heavy atom. The topological polar surface area (TPSA) is 94.9 Å². The maximum Gasteiger partial charge on any atom is 0.309 e. The summed E-state index contributed by atoms with van der Waals surface area (Å²) < 4.78 is 46.0. The predicted molar refractivity (Wildman–Crippen MR) is 138 cm³/mol. The van der Waals surface area contributed by atoms with E-state index in [9.17, 15) is 28.2 Å². The molecule has 0 saturated carbocycles. The summed E-state index contributed by atoms with van der Waals surface area (Å²) in [5.41, 5.74) is 1.35. The Morgan fingerprint density at radius 3 is 2.63 bits per heavy atom. The van der Waals surface area contributed by atoms with Crippen molar-refractivity contribution < 1.29 is 32.9 Å². The number of carbonyl (C=O) groups is 1. The van der Waals surface area contributed by atoms with E-state index in [0.29, 0.717) is 69.1 Å². The van der Waals surface area contributed by atoms with E-state index in [1.54, 1.807) is 13.3 Å². The molecule has 2 heterocycles. The van der Waals surface area contributed by atoms with Gasteiger partial charge in [-0.25, -0.2) is 13.2 Å². The Balaban J connectivity index is 1.35. The van der Waals surface area contributed by atoms with E-state index in [0.717, 1.165) is 22.5 Å². The van der Waals surface area contributed by atoms with Gasteiger partial charge < -0.3 is 25.2 Å². The Labute approximate surface area is 219 Å². The van der Waals surface area contributed by atoms with Crippen molar-refractivity contribution in [2.45, 2.75) is 38.7 Å². The van der Waals surface area contributed by atoms with Crippen molar-refractivity contribution >= 4 is 22.6 Å². The van der Waals surface area contributed by atoms with E-state index >= 15 is 0 Å². The molecular formula is C28H32F3N3O4. The second-order valence-electron chi connectivity index (χ2n) is 9.76. The molecule has 4 rings (SSSR count). The first kappa shape index (κ1) is 27.7. The van der Waals surface area contributed by atoms with Crippen LogP contribution in [0.3, 0.4) is 0 Å². The number of aliphatic hydroxyl groups is 1. The number of hydrogen-bond donors (Lipinski definition) is 3. The highest BCUT2D eigenvalue weighted by molar-refractivity contribution is 5.84. The smallest absolute Gasteiger partial charge is 0.309 e. The molecule has 38 heavy (non-hydrogen) atoms. The average molecular weight is 532 g/mol. The van der Waals surface area contributed by atoms with Crippen LogP contribution < -0.4 is 10.1 Å². The second kappa shape index (κ2) is 12.0. The lowest BCUT2D eigenvalue weighted by atomic mass is 9.74. The quantitative estimate of drug-likeness (QED) is 0.307. The van der Waals surface area contributed by atoms with Crippen LogP contribution in [0.4, 0.5) is 18.9 Å². The number of piperidine rings is 1. The molecule has 204 valence electrons. The van der Waals surface area contributed by atoms with Crippen molar-refractivity contribution in [2.24, 2.45) is 5.41 Å². The molecule has 0 amide bonds. The molecule has 1 aliphatic rings. The number of aliphatic carboxylic acids is 1. The number of nitrogens with one attached hydrogen (secondary N) is 1. The van der Waals surface area contributed by atoms with Gasteiger partial charge in [-0.1, -0.05) is 0 Å². The summed E-state index contributed by atoms with van der Waals surface area (Å²) in [4.78, 5) is 18.8. The average Bonchev–Trinajstić information content (AvgIpc) is 2.91. The zero-order valence-electron chi connectivity index (χ0n) is 21.3. The summed E-state index contributed by atoms with van der Waals surface area (Å²) in [6.45, 7) is 1.69. The number of fused-ring (bicyclic) bond motifs is 1. The largest absolute Gasteiger partial charge is 0.497 e. The summed E-state index contributed by atoms with van der Waals surface area (Å²) in [6, 6.07) is 6.98. The Hall–Kier alpha value is -3.37. The van der Waals surface area contributed by atoms with Crippen LogP contribution in [-0.2, 0) is 17.8 Å². The first-order valence-corrected chi connectivity index (χ1v) is 12.7. The molecule has 0 bridgehead atoms. The van der Waals surface area contributed by atoms with E-state index in [1.807, 2.05) is 18.2 Å². The van der Waals surface area contributed by atoms with Crippen LogP contribution in [0.25, 0.3) is 10.9 Å². The normalized spacial score (nSPS) is 15.5. The van der Waals surface area contributed by atoms with Crippen molar-refractivity contribution in [1.82, 2.24) is 9.88 Å². The molecule has 10 heteroatoms. The number of benzene rings is 2. The zero-order chi connectivity index (χ0) is 27.3. The number of aromatic nitrogens is 1. The highest BCUT2D eigenvalue weighted by atomic mass is 19.2. The number of aryl methyl sites for hydroxylation is 1. The monoisotopic (exact) mass is 531 g/mol. The zero-order valence-corrected chi connectivity index (χ0v) is 21.3. The first-order chi connectivity index (χ1) is 18.3. The summed E-state index contributed by atoms with van der Waals surface area (Å²) in [5.74, 6) is -3.37. The third kappa shape index (κ3) is 6.02. The number of aliphatic hydroxyl groups excluding tert-OH is 1. The number of carboxylic acid groups (broad SMARTS) is 1. The minimum atomic E-state index is -1.25. The lowest BCUT2D eigenvalue weighted by Crippen LogP contribution is -2.45. The van der Waals surface area contributed by atoms with Crippen LogP contribution in [0.15, 0.2) is 36.5 Å². The highest BCUT2D eigenvalue weighted by Crippen LogP contribution is 2.38. The second-order valence-corrected chi connectivity index (χ2v) is 9.76. The fourth-order valence-electron chi connectivity index (χ4n) is 5.24.